The van der Waals surface area contributed by atoms with Crippen LogP contribution < -0.4 is 0 Å². The minimum absolute atomic E-state index is 0.170. The highest BCUT2D eigenvalue weighted by atomic mass is 19.1. The second-order valence-corrected chi connectivity index (χ2v) is 9.88. The molecule has 4 heteroatoms. The fourth-order valence-corrected chi connectivity index (χ4v) is 6.99. The van der Waals surface area contributed by atoms with E-state index in [9.17, 15) is 9.18 Å². The number of hydrogen-bond acceptors (Lipinski definition) is 2. The largest absolute Gasteiger partial charge is 0.340 e. The van der Waals surface area contributed by atoms with E-state index < -0.39 is 0 Å². The number of hydrogen-bond donors (Lipinski definition) is 0. The van der Waals surface area contributed by atoms with Crippen molar-refractivity contribution in [2.45, 2.75) is 51.5 Å². The highest BCUT2D eigenvalue weighted by Gasteiger charge is 2.51. The van der Waals surface area contributed by atoms with Crippen molar-refractivity contribution in [1.82, 2.24) is 9.80 Å². The number of carbonyl (C=O) groups is 1. The van der Waals surface area contributed by atoms with E-state index in [-0.39, 0.29) is 5.82 Å². The van der Waals surface area contributed by atoms with Crippen LogP contribution in [0.15, 0.2) is 24.3 Å². The first-order chi connectivity index (χ1) is 13.1. The molecule has 0 spiro atoms. The van der Waals surface area contributed by atoms with E-state index >= 15 is 0 Å². The lowest BCUT2D eigenvalue weighted by Gasteiger charge is -2.57. The van der Waals surface area contributed by atoms with Crippen molar-refractivity contribution in [2.24, 2.45) is 23.2 Å². The third-order valence-electron chi connectivity index (χ3n) is 7.71. The van der Waals surface area contributed by atoms with Crippen molar-refractivity contribution < 1.29 is 9.18 Å². The van der Waals surface area contributed by atoms with Gasteiger partial charge in [0.1, 0.15) is 5.82 Å². The van der Waals surface area contributed by atoms with Crippen molar-refractivity contribution in [3.05, 3.63) is 35.6 Å². The Hall–Kier alpha value is -1.42. The van der Waals surface area contributed by atoms with Gasteiger partial charge in [0.05, 0.1) is 0 Å². The second kappa shape index (κ2) is 6.88. The molecule has 0 radical (unpaired) electrons. The highest BCUT2D eigenvalue weighted by molar-refractivity contribution is 5.77. The average Bonchev–Trinajstić information content (AvgIpc) is 2.61. The molecule has 1 heterocycles. The lowest BCUT2D eigenvalue weighted by Crippen LogP contribution is -2.52. The molecule has 27 heavy (non-hydrogen) atoms. The Bertz CT molecular complexity index is 675. The summed E-state index contributed by atoms with van der Waals surface area (Å²) < 4.78 is 13.4. The van der Waals surface area contributed by atoms with Crippen LogP contribution in [0.4, 0.5) is 4.39 Å². The van der Waals surface area contributed by atoms with Crippen LogP contribution in [0, 0.1) is 29.0 Å². The van der Waals surface area contributed by atoms with E-state index in [1.54, 1.807) is 12.1 Å². The van der Waals surface area contributed by atoms with E-state index in [1.165, 1.54) is 44.6 Å². The van der Waals surface area contributed by atoms with Crippen LogP contribution in [-0.4, -0.2) is 41.9 Å². The summed E-state index contributed by atoms with van der Waals surface area (Å²) in [7, 11) is 0. The van der Waals surface area contributed by atoms with Gasteiger partial charge in [-0.1, -0.05) is 12.1 Å². The van der Waals surface area contributed by atoms with Gasteiger partial charge in [-0.25, -0.2) is 4.39 Å². The number of carbonyl (C=O) groups excluding carboxylic acids is 1. The average molecular weight is 371 g/mol. The Labute approximate surface area is 161 Å². The number of nitrogens with zero attached hydrogens (tertiary/aromatic N) is 2. The van der Waals surface area contributed by atoms with E-state index in [1.807, 2.05) is 6.07 Å². The van der Waals surface area contributed by atoms with Gasteiger partial charge in [0, 0.05) is 39.1 Å². The molecule has 5 aliphatic rings. The van der Waals surface area contributed by atoms with Crippen LogP contribution in [0.2, 0.25) is 0 Å². The summed E-state index contributed by atoms with van der Waals surface area (Å²) in [4.78, 5) is 17.5. The fraction of sp³-hybridized carbons (Fsp3) is 0.696. The number of halogens is 1. The molecule has 0 unspecified atom stereocenters. The minimum Gasteiger partial charge on any atom is -0.340 e. The Morgan fingerprint density at radius 2 is 1.63 bits per heavy atom. The van der Waals surface area contributed by atoms with Gasteiger partial charge in [0.25, 0.3) is 0 Å². The SMILES string of the molecule is O=C(CC12CC3CC(CC(C3)C1)C2)N1CCN(Cc2cccc(F)c2)CC1. The zero-order valence-electron chi connectivity index (χ0n) is 16.2. The Kier molecular flexibility index (Phi) is 4.50. The van der Waals surface area contributed by atoms with E-state index in [0.29, 0.717) is 11.3 Å². The Morgan fingerprint density at radius 1 is 1.00 bits per heavy atom. The normalized spacial score (nSPS) is 35.6. The summed E-state index contributed by atoms with van der Waals surface area (Å²) in [5.74, 6) is 2.95. The molecule has 0 aromatic heterocycles. The van der Waals surface area contributed by atoms with Crippen LogP contribution in [-0.2, 0) is 11.3 Å². The monoisotopic (exact) mass is 370 g/mol. The molecule has 1 aromatic rings. The maximum Gasteiger partial charge on any atom is 0.223 e. The van der Waals surface area contributed by atoms with Gasteiger partial charge in [0.2, 0.25) is 5.91 Å². The molecule has 3 nitrogen and oxygen atoms in total. The number of rotatable bonds is 4. The molecule has 146 valence electrons. The Morgan fingerprint density at radius 3 is 2.22 bits per heavy atom. The van der Waals surface area contributed by atoms with Gasteiger partial charge in [-0.2, -0.15) is 0 Å². The van der Waals surface area contributed by atoms with E-state index in [0.717, 1.165) is 62.5 Å². The molecule has 6 rings (SSSR count). The van der Waals surface area contributed by atoms with Gasteiger partial charge >= 0.3 is 0 Å². The van der Waals surface area contributed by atoms with E-state index in [2.05, 4.69) is 9.80 Å². The predicted octanol–water partition coefficient (Wildman–Crippen LogP) is 4.08. The lowest BCUT2D eigenvalue weighted by molar-refractivity contribution is -0.141. The molecule has 1 amide bonds. The molecule has 1 aliphatic heterocycles. The quantitative estimate of drug-likeness (QED) is 0.797. The summed E-state index contributed by atoms with van der Waals surface area (Å²) in [6.45, 7) is 4.20. The molecule has 4 saturated carbocycles. The van der Waals surface area contributed by atoms with Gasteiger partial charge in [-0.15, -0.1) is 0 Å². The van der Waals surface area contributed by atoms with Crippen LogP contribution in [0.1, 0.15) is 50.5 Å². The van der Waals surface area contributed by atoms with Gasteiger partial charge in [-0.3, -0.25) is 9.69 Å². The van der Waals surface area contributed by atoms with Crippen LogP contribution in [0.3, 0.4) is 0 Å². The predicted molar refractivity (Wildman–Crippen MR) is 103 cm³/mol. The van der Waals surface area contributed by atoms with Crippen molar-refractivity contribution in [3.63, 3.8) is 0 Å². The number of piperazine rings is 1. The van der Waals surface area contributed by atoms with E-state index in [4.69, 9.17) is 0 Å². The summed E-state index contributed by atoms with van der Waals surface area (Å²) >= 11 is 0. The second-order valence-electron chi connectivity index (χ2n) is 9.88. The molecule has 5 fully saturated rings. The highest BCUT2D eigenvalue weighted by Crippen LogP contribution is 2.61. The molecule has 0 atom stereocenters. The zero-order valence-corrected chi connectivity index (χ0v) is 16.2. The maximum absolute atomic E-state index is 13.4. The molecule has 4 aliphatic carbocycles. The molecule has 1 aromatic carbocycles. The first-order valence-electron chi connectivity index (χ1n) is 10.8. The third-order valence-corrected chi connectivity index (χ3v) is 7.71. The number of benzene rings is 1. The zero-order chi connectivity index (χ0) is 18.4. The lowest BCUT2D eigenvalue weighted by atomic mass is 9.49. The molecular formula is C23H31FN2O. The van der Waals surface area contributed by atoms with Crippen LogP contribution >= 0.6 is 0 Å². The number of amides is 1. The Balaban J connectivity index is 1.15. The van der Waals surface area contributed by atoms with Crippen molar-refractivity contribution in [3.8, 4) is 0 Å². The topological polar surface area (TPSA) is 23.6 Å². The smallest absolute Gasteiger partial charge is 0.223 e. The third kappa shape index (κ3) is 3.65. The summed E-state index contributed by atoms with van der Waals surface area (Å²) in [6.07, 6.45) is 9.03. The van der Waals surface area contributed by atoms with Gasteiger partial charge in [-0.05, 0) is 79.4 Å². The minimum atomic E-state index is -0.170. The van der Waals surface area contributed by atoms with Crippen molar-refractivity contribution >= 4 is 5.91 Å². The standard InChI is InChI=1S/C23H31FN2O/c24-21-3-1-2-17(11-21)16-25-4-6-26(7-5-25)22(27)15-23-12-18-8-19(13-23)10-20(9-18)14-23/h1-3,11,18-20H,4-10,12-16H2. The molecule has 4 bridgehead atoms. The van der Waals surface area contributed by atoms with Gasteiger partial charge < -0.3 is 4.90 Å². The van der Waals surface area contributed by atoms with Crippen LogP contribution in [0.5, 0.6) is 0 Å². The van der Waals surface area contributed by atoms with Crippen molar-refractivity contribution in [1.29, 1.82) is 0 Å². The maximum atomic E-state index is 13.4. The summed E-state index contributed by atoms with van der Waals surface area (Å²) in [5, 5.41) is 0. The molecule has 1 saturated heterocycles. The first-order valence-corrected chi connectivity index (χ1v) is 10.8. The molecular weight excluding hydrogens is 339 g/mol. The van der Waals surface area contributed by atoms with Crippen molar-refractivity contribution in [2.75, 3.05) is 26.2 Å². The summed E-state index contributed by atoms with van der Waals surface area (Å²) in [6, 6.07) is 6.86. The van der Waals surface area contributed by atoms with Crippen LogP contribution in [0.25, 0.3) is 0 Å². The summed E-state index contributed by atoms with van der Waals surface area (Å²) in [5.41, 5.74) is 1.35. The first kappa shape index (κ1) is 17.7. The fourth-order valence-electron chi connectivity index (χ4n) is 6.99. The molecule has 0 N–H and O–H groups in total. The van der Waals surface area contributed by atoms with Gasteiger partial charge in [0.15, 0.2) is 0 Å².